The first kappa shape index (κ1) is 23.6. The average molecular weight is 493 g/mol. The van der Waals surface area contributed by atoms with E-state index < -0.39 is 0 Å². The molecule has 3 heterocycles. The zero-order chi connectivity index (χ0) is 23.9. The summed E-state index contributed by atoms with van der Waals surface area (Å²) in [6.07, 6.45) is 3.57. The molecule has 4 aromatic rings. The number of thiazole rings is 1. The van der Waals surface area contributed by atoms with Crippen LogP contribution in [0.25, 0.3) is 11.5 Å². The molecule has 0 unspecified atom stereocenters. The van der Waals surface area contributed by atoms with Crippen molar-refractivity contribution in [2.24, 2.45) is 0 Å². The molecule has 2 amide bonds. The van der Waals surface area contributed by atoms with Crippen LogP contribution in [-0.2, 0) is 0 Å². The second kappa shape index (κ2) is 11.0. The van der Waals surface area contributed by atoms with Crippen molar-refractivity contribution in [2.45, 2.75) is 36.7 Å². The van der Waals surface area contributed by atoms with Crippen LogP contribution in [0.4, 0.5) is 21.6 Å². The predicted molar refractivity (Wildman–Crippen MR) is 136 cm³/mol. The Morgan fingerprint density at radius 2 is 1.88 bits per heavy atom. The lowest BCUT2D eigenvalue weighted by atomic mass is 10.2. The number of amides is 2. The van der Waals surface area contributed by atoms with E-state index in [4.69, 9.17) is 0 Å². The van der Waals surface area contributed by atoms with E-state index in [0.29, 0.717) is 40.8 Å². The molecule has 4 rings (SSSR count). The molecule has 0 radical (unpaired) electrons. The number of carbonyl (C=O) groups is 1. The number of hydrogen-bond acceptors (Lipinski definition) is 9. The summed E-state index contributed by atoms with van der Waals surface area (Å²) >= 11 is 2.97. The molecule has 3 N–H and O–H groups in total. The van der Waals surface area contributed by atoms with Crippen molar-refractivity contribution >= 4 is 45.9 Å². The van der Waals surface area contributed by atoms with Crippen molar-refractivity contribution < 1.29 is 4.79 Å². The van der Waals surface area contributed by atoms with E-state index in [1.165, 1.54) is 16.6 Å². The lowest BCUT2D eigenvalue weighted by molar-refractivity contribution is 0.252. The topological polar surface area (TPSA) is 118 Å². The normalized spacial score (nSPS) is 10.8. The molecule has 0 spiro atoms. The minimum atomic E-state index is -0.237. The van der Waals surface area contributed by atoms with Gasteiger partial charge in [-0.1, -0.05) is 19.9 Å². The fourth-order valence-electron chi connectivity index (χ4n) is 2.82. The van der Waals surface area contributed by atoms with Crippen LogP contribution in [0, 0.1) is 0 Å². The molecule has 3 aromatic heterocycles. The fraction of sp³-hybridized carbons (Fsp3) is 0.217. The van der Waals surface area contributed by atoms with Gasteiger partial charge in [0.05, 0.1) is 0 Å². The van der Waals surface area contributed by atoms with E-state index >= 15 is 0 Å². The Bertz CT molecular complexity index is 1250. The molecular weight excluding hydrogens is 468 g/mol. The van der Waals surface area contributed by atoms with E-state index in [1.54, 1.807) is 17.5 Å². The number of nitrogens with zero attached hydrogens (tertiary/aromatic N) is 5. The maximum absolute atomic E-state index is 11.7. The summed E-state index contributed by atoms with van der Waals surface area (Å²) in [6.45, 7) is 6.69. The summed E-state index contributed by atoms with van der Waals surface area (Å²) in [5.41, 5.74) is 1.35. The standard InChI is InChI=1S/C23H24N8OS2/c1-4-24-21(32)27-15-8-10-16(11-9-15)33-23-29-19(17-7-5-6-12-25-17)28-20(31-23)30-22-26-13-18(34-22)14(2)3/h5-14H,4H2,1-3H3,(H2,24,27,32)(H,26,28,29,30,31). The SMILES string of the molecule is CCNC(=O)Nc1ccc(Sc2nc(Nc3ncc(C(C)C)s3)nc(-c3ccccn3)n2)cc1. The molecular formula is C23H24N8OS2. The highest BCUT2D eigenvalue weighted by Gasteiger charge is 2.13. The van der Waals surface area contributed by atoms with Crippen molar-refractivity contribution in [3.63, 3.8) is 0 Å². The van der Waals surface area contributed by atoms with Gasteiger partial charge in [-0.3, -0.25) is 10.3 Å². The van der Waals surface area contributed by atoms with Gasteiger partial charge in [-0.2, -0.15) is 9.97 Å². The van der Waals surface area contributed by atoms with E-state index in [2.05, 4.69) is 54.7 Å². The lowest BCUT2D eigenvalue weighted by Gasteiger charge is -2.08. The Morgan fingerprint density at radius 1 is 1.06 bits per heavy atom. The number of carbonyl (C=O) groups excluding carboxylic acids is 1. The Kier molecular flexibility index (Phi) is 7.65. The van der Waals surface area contributed by atoms with Gasteiger partial charge in [-0.15, -0.1) is 11.3 Å². The first-order valence-corrected chi connectivity index (χ1v) is 12.4. The maximum Gasteiger partial charge on any atom is 0.319 e. The van der Waals surface area contributed by atoms with Crippen molar-refractivity contribution in [1.82, 2.24) is 30.2 Å². The molecule has 0 atom stereocenters. The zero-order valence-electron chi connectivity index (χ0n) is 18.9. The molecule has 0 saturated carbocycles. The number of pyridine rings is 1. The van der Waals surface area contributed by atoms with Crippen molar-refractivity contribution in [3.8, 4) is 11.5 Å². The monoisotopic (exact) mass is 492 g/mol. The van der Waals surface area contributed by atoms with Crippen molar-refractivity contribution in [1.29, 1.82) is 0 Å². The Balaban J connectivity index is 1.58. The van der Waals surface area contributed by atoms with Gasteiger partial charge >= 0.3 is 6.03 Å². The Morgan fingerprint density at radius 3 is 2.56 bits per heavy atom. The van der Waals surface area contributed by atoms with Crippen LogP contribution in [-0.4, -0.2) is 37.5 Å². The van der Waals surface area contributed by atoms with Gasteiger partial charge in [0.15, 0.2) is 16.1 Å². The minimum Gasteiger partial charge on any atom is -0.338 e. The van der Waals surface area contributed by atoms with Crippen LogP contribution in [0.3, 0.4) is 0 Å². The predicted octanol–water partition coefficient (Wildman–Crippen LogP) is 5.55. The smallest absolute Gasteiger partial charge is 0.319 e. The molecule has 1 aromatic carbocycles. The minimum absolute atomic E-state index is 0.237. The third kappa shape index (κ3) is 6.27. The number of urea groups is 1. The maximum atomic E-state index is 11.7. The van der Waals surface area contributed by atoms with Gasteiger partial charge in [-0.25, -0.2) is 14.8 Å². The zero-order valence-corrected chi connectivity index (χ0v) is 20.6. The highest BCUT2D eigenvalue weighted by Crippen LogP contribution is 2.30. The number of anilines is 3. The van der Waals surface area contributed by atoms with Gasteiger partial charge < -0.3 is 10.6 Å². The van der Waals surface area contributed by atoms with Gasteiger partial charge in [-0.05, 0) is 61.0 Å². The van der Waals surface area contributed by atoms with E-state index in [-0.39, 0.29) is 6.03 Å². The quantitative estimate of drug-likeness (QED) is 0.293. The molecule has 9 nitrogen and oxygen atoms in total. The molecule has 0 aliphatic rings. The third-order valence-corrected chi connectivity index (χ3v) is 6.57. The summed E-state index contributed by atoms with van der Waals surface area (Å²) in [7, 11) is 0. The van der Waals surface area contributed by atoms with Crippen molar-refractivity contribution in [2.75, 3.05) is 17.2 Å². The highest BCUT2D eigenvalue weighted by molar-refractivity contribution is 7.99. The summed E-state index contributed by atoms with van der Waals surface area (Å²) in [6, 6.07) is 12.8. The first-order chi connectivity index (χ1) is 16.5. The van der Waals surface area contributed by atoms with E-state index in [9.17, 15) is 4.79 Å². The molecule has 11 heteroatoms. The number of nitrogens with one attached hydrogen (secondary N) is 3. The van der Waals surface area contributed by atoms with Crippen LogP contribution in [0.1, 0.15) is 31.6 Å². The molecule has 34 heavy (non-hydrogen) atoms. The van der Waals surface area contributed by atoms with Crippen molar-refractivity contribution in [3.05, 3.63) is 59.7 Å². The molecule has 0 aliphatic heterocycles. The number of rotatable bonds is 8. The second-order valence-electron chi connectivity index (χ2n) is 7.44. The molecule has 0 saturated heterocycles. The van der Waals surface area contributed by atoms with E-state index in [1.807, 2.05) is 55.6 Å². The largest absolute Gasteiger partial charge is 0.338 e. The highest BCUT2D eigenvalue weighted by atomic mass is 32.2. The van der Waals surface area contributed by atoms with E-state index in [0.717, 1.165) is 10.0 Å². The number of benzene rings is 1. The van der Waals surface area contributed by atoms with Gasteiger partial charge in [0.1, 0.15) is 5.69 Å². The van der Waals surface area contributed by atoms with Gasteiger partial charge in [0.2, 0.25) is 5.95 Å². The third-order valence-electron chi connectivity index (χ3n) is 4.48. The van der Waals surface area contributed by atoms with Crippen LogP contribution in [0.15, 0.2) is 64.9 Å². The molecule has 0 aliphatic carbocycles. The van der Waals surface area contributed by atoms with Gasteiger partial charge in [0.25, 0.3) is 0 Å². The molecule has 0 bridgehead atoms. The molecule has 174 valence electrons. The summed E-state index contributed by atoms with van der Waals surface area (Å²) in [4.78, 5) is 36.4. The summed E-state index contributed by atoms with van der Waals surface area (Å²) in [5.74, 6) is 1.26. The average Bonchev–Trinajstić information content (AvgIpc) is 3.30. The summed E-state index contributed by atoms with van der Waals surface area (Å²) in [5, 5.41) is 9.94. The second-order valence-corrected chi connectivity index (χ2v) is 9.54. The Hall–Kier alpha value is -3.57. The molecule has 0 fully saturated rings. The summed E-state index contributed by atoms with van der Waals surface area (Å²) < 4.78 is 0. The lowest BCUT2D eigenvalue weighted by Crippen LogP contribution is -2.28. The van der Waals surface area contributed by atoms with Crippen LogP contribution in [0.5, 0.6) is 0 Å². The fourth-order valence-corrected chi connectivity index (χ4v) is 4.38. The number of hydrogen-bond donors (Lipinski definition) is 3. The first-order valence-electron chi connectivity index (χ1n) is 10.7. The van der Waals surface area contributed by atoms with Gasteiger partial charge in [0, 0.05) is 34.4 Å². The van der Waals surface area contributed by atoms with Crippen LogP contribution in [0.2, 0.25) is 0 Å². The van der Waals surface area contributed by atoms with Crippen LogP contribution >= 0.6 is 23.1 Å². The Labute approximate surface area is 205 Å². The number of aromatic nitrogens is 5. The van der Waals surface area contributed by atoms with Crippen LogP contribution < -0.4 is 16.0 Å².